The lowest BCUT2D eigenvalue weighted by atomic mass is 10.1. The minimum absolute atomic E-state index is 0.129. The Hall–Kier alpha value is -2.83. The third kappa shape index (κ3) is 4.71. The van der Waals surface area contributed by atoms with Gasteiger partial charge in [0.05, 0.1) is 16.1 Å². The van der Waals surface area contributed by atoms with E-state index in [0.29, 0.717) is 5.02 Å². The number of anilines is 1. The summed E-state index contributed by atoms with van der Waals surface area (Å²) in [4.78, 5) is 12.8. The molecule has 3 aromatic carbocycles. The number of nitrogens with one attached hydrogen (secondary N) is 2. The van der Waals surface area contributed by atoms with Gasteiger partial charge in [0, 0.05) is 11.6 Å². The van der Waals surface area contributed by atoms with Gasteiger partial charge in [-0.15, -0.1) is 0 Å². The highest BCUT2D eigenvalue weighted by Crippen LogP contribution is 2.21. The average molecular weight is 415 g/mol. The van der Waals surface area contributed by atoms with E-state index in [1.54, 1.807) is 42.5 Å². The molecule has 0 atom stereocenters. The highest BCUT2D eigenvalue weighted by molar-refractivity contribution is 7.92. The molecule has 0 saturated heterocycles. The van der Waals surface area contributed by atoms with Gasteiger partial charge in [-0.05, 0) is 42.8 Å². The Morgan fingerprint density at radius 2 is 1.57 bits per heavy atom. The highest BCUT2D eigenvalue weighted by Gasteiger charge is 2.18. The monoisotopic (exact) mass is 414 g/mol. The summed E-state index contributed by atoms with van der Waals surface area (Å²) >= 11 is 6.11. The maximum Gasteiger partial charge on any atom is 0.261 e. The number of aryl methyl sites for hydroxylation is 1. The number of carbonyl (C=O) groups is 1. The van der Waals surface area contributed by atoms with Crippen molar-refractivity contribution in [3.63, 3.8) is 0 Å². The number of rotatable bonds is 6. The molecule has 0 aliphatic rings. The maximum atomic E-state index is 12.7. The molecule has 0 bridgehead atoms. The molecule has 0 aromatic heterocycles. The van der Waals surface area contributed by atoms with Crippen molar-refractivity contribution in [1.82, 2.24) is 5.32 Å². The van der Waals surface area contributed by atoms with E-state index < -0.39 is 15.9 Å². The lowest BCUT2D eigenvalue weighted by Crippen LogP contribution is -2.25. The van der Waals surface area contributed by atoms with Crippen LogP contribution < -0.4 is 10.0 Å². The lowest BCUT2D eigenvalue weighted by Gasteiger charge is -2.13. The average Bonchev–Trinajstić information content (AvgIpc) is 2.67. The Morgan fingerprint density at radius 1 is 0.929 bits per heavy atom. The molecule has 0 unspecified atom stereocenters. The SMILES string of the molecule is Cc1ccc(S(=O)(=O)Nc2ccccc2C(=O)NCc2ccccc2Cl)cc1. The fraction of sp³-hybridized carbons (Fsp3) is 0.0952. The number of benzene rings is 3. The number of sulfonamides is 1. The van der Waals surface area contributed by atoms with Crippen molar-refractivity contribution in [2.24, 2.45) is 0 Å². The number of carbonyl (C=O) groups excluding carboxylic acids is 1. The van der Waals surface area contributed by atoms with Gasteiger partial charge in [0.25, 0.3) is 15.9 Å². The van der Waals surface area contributed by atoms with Crippen LogP contribution in [-0.2, 0) is 16.6 Å². The van der Waals surface area contributed by atoms with Crippen molar-refractivity contribution >= 4 is 33.2 Å². The van der Waals surface area contributed by atoms with Crippen LogP contribution in [0.3, 0.4) is 0 Å². The Bertz CT molecular complexity index is 1100. The van der Waals surface area contributed by atoms with Crippen LogP contribution in [-0.4, -0.2) is 14.3 Å². The molecule has 5 nitrogen and oxygen atoms in total. The number of hydrogen-bond donors (Lipinski definition) is 2. The number of hydrogen-bond acceptors (Lipinski definition) is 3. The van der Waals surface area contributed by atoms with E-state index in [-0.39, 0.29) is 22.7 Å². The molecule has 0 radical (unpaired) electrons. The van der Waals surface area contributed by atoms with Crippen LogP contribution in [0.25, 0.3) is 0 Å². The van der Waals surface area contributed by atoms with E-state index in [1.165, 1.54) is 12.1 Å². The minimum atomic E-state index is -3.81. The first kappa shape index (κ1) is 19.9. The maximum absolute atomic E-state index is 12.7. The van der Waals surface area contributed by atoms with Gasteiger partial charge in [-0.3, -0.25) is 9.52 Å². The fourth-order valence-electron chi connectivity index (χ4n) is 2.60. The predicted octanol–water partition coefficient (Wildman–Crippen LogP) is 4.38. The first-order chi connectivity index (χ1) is 13.4. The molecule has 144 valence electrons. The number of amides is 1. The van der Waals surface area contributed by atoms with E-state index in [9.17, 15) is 13.2 Å². The summed E-state index contributed by atoms with van der Waals surface area (Å²) in [6, 6.07) is 20.1. The Kier molecular flexibility index (Phi) is 6.02. The smallest absolute Gasteiger partial charge is 0.261 e. The Balaban J connectivity index is 1.80. The molecule has 0 aliphatic heterocycles. The minimum Gasteiger partial charge on any atom is -0.348 e. The van der Waals surface area contributed by atoms with Crippen molar-refractivity contribution in [2.75, 3.05) is 4.72 Å². The summed E-state index contributed by atoms with van der Waals surface area (Å²) in [6.07, 6.45) is 0. The molecule has 0 spiro atoms. The van der Waals surface area contributed by atoms with Gasteiger partial charge in [0.15, 0.2) is 0 Å². The molecule has 3 aromatic rings. The van der Waals surface area contributed by atoms with Crippen LogP contribution >= 0.6 is 11.6 Å². The summed E-state index contributed by atoms with van der Waals surface area (Å²) in [5.74, 6) is -0.401. The first-order valence-electron chi connectivity index (χ1n) is 8.57. The molecular formula is C21H19ClN2O3S. The van der Waals surface area contributed by atoms with E-state index in [4.69, 9.17) is 11.6 Å². The zero-order valence-electron chi connectivity index (χ0n) is 15.1. The molecule has 0 heterocycles. The Morgan fingerprint density at radius 3 is 2.29 bits per heavy atom. The summed E-state index contributed by atoms with van der Waals surface area (Å²) in [7, 11) is -3.81. The summed E-state index contributed by atoms with van der Waals surface area (Å²) in [5, 5.41) is 3.32. The molecule has 2 N–H and O–H groups in total. The molecule has 28 heavy (non-hydrogen) atoms. The zero-order chi connectivity index (χ0) is 20.1. The normalized spacial score (nSPS) is 11.1. The van der Waals surface area contributed by atoms with E-state index in [2.05, 4.69) is 10.0 Å². The van der Waals surface area contributed by atoms with E-state index >= 15 is 0 Å². The second kappa shape index (κ2) is 8.46. The lowest BCUT2D eigenvalue weighted by molar-refractivity contribution is 0.0952. The second-order valence-electron chi connectivity index (χ2n) is 6.24. The molecule has 1 amide bonds. The summed E-state index contributed by atoms with van der Waals surface area (Å²) < 4.78 is 27.8. The van der Waals surface area contributed by atoms with Crippen LogP contribution in [0, 0.1) is 6.92 Å². The zero-order valence-corrected chi connectivity index (χ0v) is 16.7. The van der Waals surface area contributed by atoms with Crippen molar-refractivity contribution in [1.29, 1.82) is 0 Å². The van der Waals surface area contributed by atoms with Crippen molar-refractivity contribution < 1.29 is 13.2 Å². The van der Waals surface area contributed by atoms with Gasteiger partial charge >= 0.3 is 0 Å². The number of para-hydroxylation sites is 1. The van der Waals surface area contributed by atoms with Crippen LogP contribution in [0.2, 0.25) is 5.02 Å². The molecule has 7 heteroatoms. The summed E-state index contributed by atoms with van der Waals surface area (Å²) in [6.45, 7) is 2.11. The van der Waals surface area contributed by atoms with Crippen LogP contribution in [0.15, 0.2) is 77.7 Å². The van der Waals surface area contributed by atoms with Gasteiger partial charge in [-0.25, -0.2) is 8.42 Å². The van der Waals surface area contributed by atoms with Crippen LogP contribution in [0.1, 0.15) is 21.5 Å². The molecular weight excluding hydrogens is 396 g/mol. The quantitative estimate of drug-likeness (QED) is 0.628. The first-order valence-corrected chi connectivity index (χ1v) is 10.4. The third-order valence-electron chi connectivity index (χ3n) is 4.14. The van der Waals surface area contributed by atoms with Gasteiger partial charge in [-0.1, -0.05) is 59.6 Å². The van der Waals surface area contributed by atoms with Crippen LogP contribution in [0.4, 0.5) is 5.69 Å². The third-order valence-corrected chi connectivity index (χ3v) is 5.89. The number of halogens is 1. The summed E-state index contributed by atoms with van der Waals surface area (Å²) in [5.41, 5.74) is 2.17. The molecule has 0 saturated carbocycles. The van der Waals surface area contributed by atoms with Gasteiger partial charge < -0.3 is 5.32 Å². The predicted molar refractivity (Wildman–Crippen MR) is 111 cm³/mol. The van der Waals surface area contributed by atoms with Gasteiger partial charge in [-0.2, -0.15) is 0 Å². The van der Waals surface area contributed by atoms with Crippen molar-refractivity contribution in [3.05, 3.63) is 94.5 Å². The Labute approximate surface area is 169 Å². The van der Waals surface area contributed by atoms with E-state index in [0.717, 1.165) is 11.1 Å². The highest BCUT2D eigenvalue weighted by atomic mass is 35.5. The molecule has 0 aliphatic carbocycles. The van der Waals surface area contributed by atoms with Crippen molar-refractivity contribution in [3.8, 4) is 0 Å². The molecule has 0 fully saturated rings. The molecule has 3 rings (SSSR count). The fourth-order valence-corrected chi connectivity index (χ4v) is 3.89. The van der Waals surface area contributed by atoms with Crippen LogP contribution in [0.5, 0.6) is 0 Å². The standard InChI is InChI=1S/C21H19ClN2O3S/c1-15-10-12-17(13-11-15)28(26,27)24-20-9-5-3-7-18(20)21(25)23-14-16-6-2-4-8-19(16)22/h2-13,24H,14H2,1H3,(H,23,25). The largest absolute Gasteiger partial charge is 0.348 e. The van der Waals surface area contributed by atoms with Crippen molar-refractivity contribution in [2.45, 2.75) is 18.4 Å². The van der Waals surface area contributed by atoms with Gasteiger partial charge in [0.1, 0.15) is 0 Å². The second-order valence-corrected chi connectivity index (χ2v) is 8.33. The van der Waals surface area contributed by atoms with E-state index in [1.807, 2.05) is 25.1 Å². The topological polar surface area (TPSA) is 75.3 Å². The van der Waals surface area contributed by atoms with Gasteiger partial charge in [0.2, 0.25) is 0 Å².